The van der Waals surface area contributed by atoms with Crippen LogP contribution in [0.15, 0.2) is 102 Å². The fraction of sp³-hybridized carbons (Fsp3) is 0.479. The molecular weight excluding hydrogens is 782 g/mol. The van der Waals surface area contributed by atoms with Gasteiger partial charge in [-0.3, -0.25) is 4.90 Å². The number of fused-ring (bicyclic) bond motifs is 2. The summed E-state index contributed by atoms with van der Waals surface area (Å²) in [6, 6.07) is 19.9. The van der Waals surface area contributed by atoms with E-state index in [1.165, 1.54) is 19.2 Å². The Kier molecular flexibility index (Phi) is 15.3. The van der Waals surface area contributed by atoms with Crippen LogP contribution in [0, 0.1) is 23.6 Å². The number of halogens is 1. The van der Waals surface area contributed by atoms with Crippen LogP contribution in [0.5, 0.6) is 11.5 Å². The molecule has 0 radical (unpaired) electrons. The molecule has 1 aliphatic heterocycles. The number of oxime groups is 1. The molecule has 12 nitrogen and oxygen atoms in total. The first-order valence-corrected chi connectivity index (χ1v) is 21.3. The number of rotatable bonds is 18. The Morgan fingerprint density at radius 2 is 1.72 bits per heavy atom. The molecule has 1 heterocycles. The van der Waals surface area contributed by atoms with Crippen LogP contribution in [-0.4, -0.2) is 77.4 Å². The fourth-order valence-electron chi connectivity index (χ4n) is 9.02. The summed E-state index contributed by atoms with van der Waals surface area (Å²) in [7, 11) is 1.31. The molecule has 6 atom stereocenters. The van der Waals surface area contributed by atoms with Crippen molar-refractivity contribution in [3.05, 3.63) is 120 Å². The highest BCUT2D eigenvalue weighted by molar-refractivity contribution is 6.03. The first kappa shape index (κ1) is 45.3. The number of hydrogen-bond acceptors (Lipinski definition) is 10. The average Bonchev–Trinajstić information content (AvgIpc) is 3.25. The minimum atomic E-state index is -1.55. The van der Waals surface area contributed by atoms with Crippen molar-refractivity contribution < 1.29 is 48.0 Å². The lowest BCUT2D eigenvalue weighted by molar-refractivity contribution is -0.256. The van der Waals surface area contributed by atoms with Crippen molar-refractivity contribution in [2.24, 2.45) is 22.9 Å². The smallest absolute Gasteiger partial charge is 0.412 e. The number of unbranched alkanes of at least 4 members (excludes halogenated alkanes) is 2. The molecule has 6 rings (SSSR count). The number of aliphatic hydroxyl groups excluding tert-OH is 2. The molecule has 0 spiro atoms. The Bertz CT molecular complexity index is 2020. The number of aliphatic hydroxyl groups is 2. The van der Waals surface area contributed by atoms with Crippen molar-refractivity contribution in [2.45, 2.75) is 102 Å². The predicted molar refractivity (Wildman–Crippen MR) is 229 cm³/mol. The van der Waals surface area contributed by atoms with Gasteiger partial charge in [-0.05, 0) is 105 Å². The maximum Gasteiger partial charge on any atom is 0.412 e. The Morgan fingerprint density at radius 1 is 1.00 bits per heavy atom. The summed E-state index contributed by atoms with van der Waals surface area (Å²) in [5.41, 5.74) is 3.19. The van der Waals surface area contributed by atoms with Crippen LogP contribution >= 0.6 is 0 Å². The zero-order valence-corrected chi connectivity index (χ0v) is 35.7. The van der Waals surface area contributed by atoms with E-state index < -0.39 is 41.4 Å². The molecule has 3 aliphatic rings. The summed E-state index contributed by atoms with van der Waals surface area (Å²) in [4.78, 5) is 35.1. The summed E-state index contributed by atoms with van der Waals surface area (Å²) in [5.74, 6) is -2.15. The third-order valence-electron chi connectivity index (χ3n) is 11.6. The van der Waals surface area contributed by atoms with Crippen molar-refractivity contribution >= 4 is 17.9 Å². The highest BCUT2D eigenvalue weighted by Crippen LogP contribution is 2.62. The van der Waals surface area contributed by atoms with Gasteiger partial charge >= 0.3 is 12.2 Å². The second kappa shape index (κ2) is 20.5. The number of benzene rings is 3. The molecule has 3 N–H and O–H groups in total. The van der Waals surface area contributed by atoms with Gasteiger partial charge in [-0.25, -0.2) is 14.0 Å². The summed E-state index contributed by atoms with van der Waals surface area (Å²) in [6.07, 6.45) is 7.00. The largest absolute Gasteiger partial charge is 0.459 e. The molecule has 0 bridgehead atoms. The van der Waals surface area contributed by atoms with Crippen molar-refractivity contribution in [3.8, 4) is 11.5 Å². The Morgan fingerprint density at radius 3 is 2.39 bits per heavy atom. The van der Waals surface area contributed by atoms with Crippen LogP contribution in [0.25, 0.3) is 0 Å². The fourth-order valence-corrected chi connectivity index (χ4v) is 9.02. The highest BCUT2D eigenvalue weighted by Gasteiger charge is 2.65. The second-order valence-corrected chi connectivity index (χ2v) is 16.9. The molecule has 3 aromatic carbocycles. The first-order chi connectivity index (χ1) is 29.4. The van der Waals surface area contributed by atoms with Gasteiger partial charge in [0.05, 0.1) is 25.3 Å². The topological polar surface area (TPSA) is 148 Å². The summed E-state index contributed by atoms with van der Waals surface area (Å²) < 4.78 is 39.8. The van der Waals surface area contributed by atoms with E-state index in [9.17, 15) is 24.2 Å². The first-order valence-electron chi connectivity index (χ1n) is 21.3. The van der Waals surface area contributed by atoms with Crippen molar-refractivity contribution in [3.63, 3.8) is 0 Å². The van der Waals surface area contributed by atoms with Gasteiger partial charge in [-0.2, -0.15) is 0 Å². The molecule has 1 fully saturated rings. The van der Waals surface area contributed by atoms with Crippen LogP contribution in [0.4, 0.5) is 14.0 Å². The van der Waals surface area contributed by atoms with Gasteiger partial charge in [0.2, 0.25) is 5.79 Å². The third kappa shape index (κ3) is 10.8. The normalized spacial score (nSPS) is 23.4. The average molecular weight is 842 g/mol. The van der Waals surface area contributed by atoms with Crippen molar-refractivity contribution in [1.29, 1.82) is 0 Å². The number of nitrogens with one attached hydrogen (secondary N) is 1. The summed E-state index contributed by atoms with van der Waals surface area (Å²) in [6.45, 7) is 10.2. The van der Waals surface area contributed by atoms with Gasteiger partial charge < -0.3 is 39.3 Å². The quantitative estimate of drug-likeness (QED) is 0.0649. The van der Waals surface area contributed by atoms with Crippen LogP contribution in [-0.2, 0) is 27.4 Å². The van der Waals surface area contributed by atoms with E-state index in [-0.39, 0.29) is 57.1 Å². The van der Waals surface area contributed by atoms with E-state index in [1.807, 2.05) is 57.2 Å². The molecule has 13 heteroatoms. The number of amides is 2. The van der Waals surface area contributed by atoms with Crippen molar-refractivity contribution in [2.75, 3.05) is 26.9 Å². The zero-order valence-electron chi connectivity index (χ0n) is 35.7. The molecule has 328 valence electrons. The van der Waals surface area contributed by atoms with Gasteiger partial charge in [-0.1, -0.05) is 72.6 Å². The maximum atomic E-state index is 14.2. The Labute approximate surface area is 358 Å². The van der Waals surface area contributed by atoms with E-state index in [4.69, 9.17) is 28.9 Å². The molecule has 0 saturated heterocycles. The Balaban J connectivity index is 1.55. The van der Waals surface area contributed by atoms with Crippen LogP contribution in [0.3, 0.4) is 0 Å². The number of ether oxygens (including phenoxy) is 4. The molecule has 3 aromatic rings. The Hall–Kier alpha value is -5.24. The van der Waals surface area contributed by atoms with E-state index in [0.29, 0.717) is 35.6 Å². The van der Waals surface area contributed by atoms with E-state index in [1.54, 1.807) is 35.2 Å². The third-order valence-corrected chi connectivity index (χ3v) is 11.6. The number of allylic oxidation sites excluding steroid dienone is 1. The van der Waals surface area contributed by atoms with Crippen LogP contribution < -0.4 is 14.8 Å². The standard InChI is InChI=1S/C48H60FN3O9/c1-6-26-58-48-42(52(46(56)57-5)31-33-18-20-35(49)21-19-33)29-40(51-61-47(2,3)4)38-27-34(16-10-12-24-53)37(17-11-13-25-54)43(44(38)48)39-28-36(22-23-41(39)60-48)59-45(55)50-30-32-14-8-7-9-15-32/h6-9,14-15,18-23,27-28,34,37,42-44,53-54H,1,10-13,16-17,24-26,29-31H2,2-5H3,(H,50,55)/t34-,37+,42-,43+,44+,48+/m0/s1. The highest BCUT2D eigenvalue weighted by atomic mass is 19.1. The van der Waals surface area contributed by atoms with Crippen LogP contribution in [0.1, 0.15) is 88.3 Å². The molecule has 2 amide bonds. The van der Waals surface area contributed by atoms with Gasteiger partial charge in [-0.15, -0.1) is 6.58 Å². The minimum Gasteiger partial charge on any atom is -0.459 e. The summed E-state index contributed by atoms with van der Waals surface area (Å²) >= 11 is 0. The minimum absolute atomic E-state index is 0.00407. The van der Waals surface area contributed by atoms with E-state index in [2.05, 4.69) is 18.0 Å². The summed E-state index contributed by atoms with van der Waals surface area (Å²) in [5, 5.41) is 27.5. The van der Waals surface area contributed by atoms with E-state index >= 15 is 0 Å². The molecule has 0 unspecified atom stereocenters. The number of nitrogens with zero attached hydrogens (tertiary/aromatic N) is 2. The number of methoxy groups -OCH3 is 1. The maximum absolute atomic E-state index is 14.2. The lowest BCUT2D eigenvalue weighted by Crippen LogP contribution is -2.70. The van der Waals surface area contributed by atoms with Gasteiger partial charge in [0.25, 0.3) is 0 Å². The monoisotopic (exact) mass is 841 g/mol. The molecular formula is C48H60FN3O9. The lowest BCUT2D eigenvalue weighted by Gasteiger charge is -2.59. The van der Waals surface area contributed by atoms with E-state index in [0.717, 1.165) is 42.4 Å². The molecule has 0 aromatic heterocycles. The van der Waals surface area contributed by atoms with Gasteiger partial charge in [0.1, 0.15) is 29.0 Å². The van der Waals surface area contributed by atoms with Crippen molar-refractivity contribution in [1.82, 2.24) is 10.2 Å². The molecule has 61 heavy (non-hydrogen) atoms. The van der Waals surface area contributed by atoms with Gasteiger partial charge in [0, 0.05) is 44.2 Å². The lowest BCUT2D eigenvalue weighted by atomic mass is 9.55. The second-order valence-electron chi connectivity index (χ2n) is 16.9. The number of carbonyl (C=O) groups is 2. The predicted octanol–water partition coefficient (Wildman–Crippen LogP) is 8.82. The molecule has 1 saturated carbocycles. The van der Waals surface area contributed by atoms with Crippen LogP contribution in [0.2, 0.25) is 0 Å². The van der Waals surface area contributed by atoms with Gasteiger partial charge in [0.15, 0.2) is 0 Å². The SMILES string of the molecule is C=CCO[C@@]12Oc3ccc(OC(=O)NCc4ccccc4)cc3[C@H]3[C@H](CCCCO)[C@@H](CCCCO)C=C(C(=NOC(C)(C)C)C[C@@H]1N(Cc1ccc(F)cc1)C(=O)OC)[C@H]32. The number of carbonyl (C=O) groups excluding carboxylic acids is 2. The molecule has 2 aliphatic carbocycles. The number of hydrogen-bond donors (Lipinski definition) is 3. The zero-order chi connectivity index (χ0) is 43.6.